The van der Waals surface area contributed by atoms with E-state index in [1.165, 1.54) is 64.2 Å². The molecule has 0 aliphatic rings. The Bertz CT molecular complexity index is 616. The molecule has 0 saturated heterocycles. The molecule has 40 heavy (non-hydrogen) atoms. The van der Waals surface area contributed by atoms with Crippen molar-refractivity contribution in [2.45, 2.75) is 209 Å². The second-order valence-electron chi connectivity index (χ2n) is 14.7. The van der Waals surface area contributed by atoms with Crippen molar-refractivity contribution in [3.05, 3.63) is 0 Å². The summed E-state index contributed by atoms with van der Waals surface area (Å²) in [5, 5.41) is 0. The molecule has 0 amide bonds. The van der Waals surface area contributed by atoms with Crippen molar-refractivity contribution in [3.8, 4) is 0 Å². The Labute approximate surface area is 250 Å². The largest absolute Gasteiger partial charge is 0.459 e. The highest BCUT2D eigenvalue weighted by molar-refractivity contribution is 5.70. The standard InChI is InChI=1S/C36H70O4/c1-11-13-15-21-25-29-33(3,4)35(7,8)39-31(37)27-23-19-17-18-20-24-28-32(38)40-36(9,10)34(5,6)30-26-22-16-14-12-2/h11-30H2,1-10H3. The molecule has 0 atom stereocenters. The van der Waals surface area contributed by atoms with E-state index >= 15 is 0 Å². The molecule has 4 nitrogen and oxygen atoms in total. The third-order valence-electron chi connectivity index (χ3n) is 9.82. The lowest BCUT2D eigenvalue weighted by molar-refractivity contribution is -0.170. The molecular formula is C36H70O4. The van der Waals surface area contributed by atoms with Gasteiger partial charge in [-0.25, -0.2) is 0 Å². The fraction of sp³-hybridized carbons (Fsp3) is 0.944. The van der Waals surface area contributed by atoms with Crippen molar-refractivity contribution in [2.24, 2.45) is 10.8 Å². The number of esters is 2. The minimum atomic E-state index is -0.456. The molecule has 0 bridgehead atoms. The van der Waals surface area contributed by atoms with Crippen LogP contribution in [0.3, 0.4) is 0 Å². The maximum Gasteiger partial charge on any atom is 0.306 e. The van der Waals surface area contributed by atoms with Crippen LogP contribution in [0, 0.1) is 10.8 Å². The molecule has 0 spiro atoms. The van der Waals surface area contributed by atoms with Gasteiger partial charge in [0.2, 0.25) is 0 Å². The Morgan fingerprint density at radius 2 is 0.700 bits per heavy atom. The quantitative estimate of drug-likeness (QED) is 0.0814. The van der Waals surface area contributed by atoms with Crippen molar-refractivity contribution in [3.63, 3.8) is 0 Å². The van der Waals surface area contributed by atoms with E-state index in [-0.39, 0.29) is 22.8 Å². The normalized spacial score (nSPS) is 12.9. The van der Waals surface area contributed by atoms with Crippen molar-refractivity contribution in [2.75, 3.05) is 0 Å². The van der Waals surface area contributed by atoms with Crippen molar-refractivity contribution >= 4 is 11.9 Å². The molecule has 0 radical (unpaired) electrons. The molecule has 0 saturated carbocycles. The van der Waals surface area contributed by atoms with Gasteiger partial charge in [-0.05, 0) is 53.4 Å². The summed E-state index contributed by atoms with van der Waals surface area (Å²) in [5.74, 6) is -0.142. The van der Waals surface area contributed by atoms with Crippen LogP contribution in [0.4, 0.5) is 0 Å². The van der Waals surface area contributed by atoms with E-state index in [0.717, 1.165) is 51.4 Å². The first kappa shape index (κ1) is 38.9. The van der Waals surface area contributed by atoms with Crippen molar-refractivity contribution in [1.29, 1.82) is 0 Å². The monoisotopic (exact) mass is 567 g/mol. The van der Waals surface area contributed by atoms with E-state index in [0.29, 0.717) is 12.8 Å². The summed E-state index contributed by atoms with van der Waals surface area (Å²) in [7, 11) is 0. The van der Waals surface area contributed by atoms with Gasteiger partial charge in [0, 0.05) is 23.7 Å². The molecule has 0 unspecified atom stereocenters. The van der Waals surface area contributed by atoms with Gasteiger partial charge in [-0.1, -0.05) is 131 Å². The average Bonchev–Trinajstić information content (AvgIpc) is 2.84. The number of hydrogen-bond donors (Lipinski definition) is 0. The van der Waals surface area contributed by atoms with E-state index in [9.17, 15) is 9.59 Å². The molecule has 0 aromatic carbocycles. The number of carbonyl (C=O) groups is 2. The Morgan fingerprint density at radius 3 is 1.02 bits per heavy atom. The van der Waals surface area contributed by atoms with Crippen LogP contribution in [0.25, 0.3) is 0 Å². The van der Waals surface area contributed by atoms with Crippen LogP contribution < -0.4 is 0 Å². The van der Waals surface area contributed by atoms with Gasteiger partial charge in [-0.15, -0.1) is 0 Å². The van der Waals surface area contributed by atoms with Crippen LogP contribution in [0.5, 0.6) is 0 Å². The van der Waals surface area contributed by atoms with Gasteiger partial charge in [0.15, 0.2) is 0 Å². The summed E-state index contributed by atoms with van der Waals surface area (Å²) >= 11 is 0. The van der Waals surface area contributed by atoms with Gasteiger partial charge in [0.25, 0.3) is 0 Å². The van der Waals surface area contributed by atoms with E-state index in [1.807, 2.05) is 0 Å². The number of ether oxygens (including phenoxy) is 2. The summed E-state index contributed by atoms with van der Waals surface area (Å²) < 4.78 is 11.9. The van der Waals surface area contributed by atoms with Gasteiger partial charge in [0.1, 0.15) is 11.2 Å². The highest BCUT2D eigenvalue weighted by Crippen LogP contribution is 2.40. The van der Waals surface area contributed by atoms with Crippen LogP contribution in [0.2, 0.25) is 0 Å². The first-order valence-corrected chi connectivity index (χ1v) is 17.1. The molecular weight excluding hydrogens is 496 g/mol. The fourth-order valence-corrected chi connectivity index (χ4v) is 5.14. The van der Waals surface area contributed by atoms with Crippen LogP contribution >= 0.6 is 0 Å². The topological polar surface area (TPSA) is 52.6 Å². The zero-order valence-electron chi connectivity index (χ0n) is 28.8. The third kappa shape index (κ3) is 16.4. The second-order valence-corrected chi connectivity index (χ2v) is 14.7. The molecule has 0 fully saturated rings. The summed E-state index contributed by atoms with van der Waals surface area (Å²) in [6.45, 7) is 21.7. The molecule has 0 aliphatic carbocycles. The van der Waals surface area contributed by atoms with Gasteiger partial charge < -0.3 is 9.47 Å². The highest BCUT2D eigenvalue weighted by Gasteiger charge is 2.40. The number of carbonyl (C=O) groups excluding carboxylic acids is 2. The first-order chi connectivity index (χ1) is 18.6. The lowest BCUT2D eigenvalue weighted by Crippen LogP contribution is -2.43. The van der Waals surface area contributed by atoms with Gasteiger partial charge in [0.05, 0.1) is 0 Å². The SMILES string of the molecule is CCCCCCCC(C)(C)C(C)(C)OC(=O)CCCCCCCCC(=O)OC(C)(C)C(C)(C)CCCCCCC. The lowest BCUT2D eigenvalue weighted by Gasteiger charge is -2.41. The molecule has 0 aliphatic heterocycles. The van der Waals surface area contributed by atoms with Gasteiger partial charge >= 0.3 is 11.9 Å². The summed E-state index contributed by atoms with van der Waals surface area (Å²) in [4.78, 5) is 25.1. The zero-order chi connectivity index (χ0) is 30.7. The Kier molecular flexibility index (Phi) is 19.4. The number of rotatable bonds is 25. The summed E-state index contributed by atoms with van der Waals surface area (Å²) in [6, 6.07) is 0. The van der Waals surface area contributed by atoms with E-state index < -0.39 is 11.2 Å². The lowest BCUT2D eigenvalue weighted by atomic mass is 9.73. The van der Waals surface area contributed by atoms with Crippen molar-refractivity contribution < 1.29 is 19.1 Å². The smallest absolute Gasteiger partial charge is 0.306 e. The van der Waals surface area contributed by atoms with Crippen LogP contribution in [-0.2, 0) is 19.1 Å². The molecule has 238 valence electrons. The minimum absolute atomic E-state index is 0.0325. The Morgan fingerprint density at radius 1 is 0.425 bits per heavy atom. The van der Waals surface area contributed by atoms with E-state index in [2.05, 4.69) is 69.2 Å². The molecule has 4 heteroatoms. The fourth-order valence-electron chi connectivity index (χ4n) is 5.14. The summed E-state index contributed by atoms with van der Waals surface area (Å²) in [5.41, 5.74) is -0.978. The maximum atomic E-state index is 12.5. The van der Waals surface area contributed by atoms with Crippen LogP contribution in [0.15, 0.2) is 0 Å². The third-order valence-corrected chi connectivity index (χ3v) is 9.82. The predicted octanol–water partition coefficient (Wildman–Crippen LogP) is 11.5. The maximum absolute atomic E-state index is 12.5. The molecule has 0 aromatic heterocycles. The van der Waals surface area contributed by atoms with Crippen LogP contribution in [-0.4, -0.2) is 23.1 Å². The zero-order valence-corrected chi connectivity index (χ0v) is 28.8. The van der Waals surface area contributed by atoms with Crippen LogP contribution in [0.1, 0.15) is 198 Å². The molecule has 0 rings (SSSR count). The Hall–Kier alpha value is -1.06. The summed E-state index contributed by atoms with van der Waals surface area (Å²) in [6.07, 6.45) is 21.8. The van der Waals surface area contributed by atoms with Gasteiger partial charge in [-0.2, -0.15) is 0 Å². The number of unbranched alkanes of at least 4 members (excludes halogenated alkanes) is 13. The minimum Gasteiger partial charge on any atom is -0.459 e. The van der Waals surface area contributed by atoms with E-state index in [1.54, 1.807) is 0 Å². The highest BCUT2D eigenvalue weighted by atomic mass is 16.6. The van der Waals surface area contributed by atoms with Gasteiger partial charge in [-0.3, -0.25) is 9.59 Å². The number of hydrogen-bond acceptors (Lipinski definition) is 4. The molecule has 0 aromatic rings. The Balaban J connectivity index is 4.10. The molecule has 0 heterocycles. The second kappa shape index (κ2) is 20.0. The molecule has 0 N–H and O–H groups in total. The average molecular weight is 567 g/mol. The first-order valence-electron chi connectivity index (χ1n) is 17.1. The predicted molar refractivity (Wildman–Crippen MR) is 172 cm³/mol. The van der Waals surface area contributed by atoms with E-state index in [4.69, 9.17) is 9.47 Å². The van der Waals surface area contributed by atoms with Crippen molar-refractivity contribution in [1.82, 2.24) is 0 Å².